The molecule has 0 heterocycles. The van der Waals surface area contributed by atoms with Gasteiger partial charge in [0.25, 0.3) is 0 Å². The van der Waals surface area contributed by atoms with Crippen molar-refractivity contribution in [1.82, 2.24) is 4.90 Å². The van der Waals surface area contributed by atoms with Gasteiger partial charge < -0.3 is 15.0 Å². The Morgan fingerprint density at radius 3 is 1.92 bits per heavy atom. The molecule has 1 aromatic carbocycles. The van der Waals surface area contributed by atoms with Crippen LogP contribution < -0.4 is 5.32 Å². The maximum absolute atomic E-state index is 12.4. The number of benzene rings is 1. The highest BCUT2D eigenvalue weighted by atomic mass is 16.5. The zero-order valence-corrected chi connectivity index (χ0v) is 15.0. The largest absolute Gasteiger partial charge is 0.465 e. The lowest BCUT2D eigenvalue weighted by molar-refractivity contribution is -0.143. The first-order chi connectivity index (χ1) is 11.2. The standard InChI is InChI=1S/C18H26N2O4/c1-12(2)10-20(11-13(3)4)17(22)16(21)19-15-8-6-14(7-9-15)18(23)24-5/h6-9,12-13H,10-11H2,1-5H3,(H,19,21). The van der Waals surface area contributed by atoms with Crippen LogP contribution in [0.5, 0.6) is 0 Å². The van der Waals surface area contributed by atoms with E-state index in [4.69, 9.17) is 0 Å². The lowest BCUT2D eigenvalue weighted by Crippen LogP contribution is -2.43. The summed E-state index contributed by atoms with van der Waals surface area (Å²) in [6.07, 6.45) is 0. The van der Waals surface area contributed by atoms with E-state index < -0.39 is 17.8 Å². The molecule has 6 heteroatoms. The first kappa shape index (κ1) is 19.7. The number of rotatable bonds is 6. The average molecular weight is 334 g/mol. The summed E-state index contributed by atoms with van der Waals surface area (Å²) in [4.78, 5) is 37.5. The minimum absolute atomic E-state index is 0.278. The number of carbonyl (C=O) groups is 3. The highest BCUT2D eigenvalue weighted by Gasteiger charge is 2.23. The Labute approximate surface area is 143 Å². The maximum Gasteiger partial charge on any atom is 0.337 e. The van der Waals surface area contributed by atoms with Crippen molar-refractivity contribution >= 4 is 23.5 Å². The van der Waals surface area contributed by atoms with Gasteiger partial charge in [0.1, 0.15) is 0 Å². The van der Waals surface area contributed by atoms with Crippen molar-refractivity contribution in [2.45, 2.75) is 27.7 Å². The van der Waals surface area contributed by atoms with Crippen LogP contribution >= 0.6 is 0 Å². The van der Waals surface area contributed by atoms with E-state index in [9.17, 15) is 14.4 Å². The fourth-order valence-electron chi connectivity index (χ4n) is 2.26. The Morgan fingerprint density at radius 2 is 1.50 bits per heavy atom. The van der Waals surface area contributed by atoms with E-state index in [0.29, 0.717) is 24.3 Å². The zero-order chi connectivity index (χ0) is 18.3. The number of methoxy groups -OCH3 is 1. The first-order valence-corrected chi connectivity index (χ1v) is 8.03. The second kappa shape index (κ2) is 9.05. The van der Waals surface area contributed by atoms with Gasteiger partial charge in [-0.05, 0) is 36.1 Å². The van der Waals surface area contributed by atoms with Gasteiger partial charge in [0.2, 0.25) is 0 Å². The van der Waals surface area contributed by atoms with Crippen molar-refractivity contribution in [3.8, 4) is 0 Å². The molecule has 6 nitrogen and oxygen atoms in total. The molecule has 1 aromatic rings. The molecule has 0 fully saturated rings. The number of nitrogens with one attached hydrogen (secondary N) is 1. The van der Waals surface area contributed by atoms with Crippen LogP contribution in [0.15, 0.2) is 24.3 Å². The Balaban J connectivity index is 2.77. The predicted octanol–water partition coefficient (Wildman–Crippen LogP) is 2.55. The molecule has 0 spiro atoms. The van der Waals surface area contributed by atoms with Gasteiger partial charge in [-0.15, -0.1) is 0 Å². The third kappa shape index (κ3) is 6.02. The SMILES string of the molecule is COC(=O)c1ccc(NC(=O)C(=O)N(CC(C)C)CC(C)C)cc1. The van der Waals surface area contributed by atoms with E-state index in [2.05, 4.69) is 10.1 Å². The number of hydrogen-bond donors (Lipinski definition) is 1. The molecule has 2 amide bonds. The fourth-order valence-corrected chi connectivity index (χ4v) is 2.26. The van der Waals surface area contributed by atoms with Crippen LogP contribution in [0.2, 0.25) is 0 Å². The van der Waals surface area contributed by atoms with Crippen LogP contribution in [-0.4, -0.2) is 42.9 Å². The van der Waals surface area contributed by atoms with Crippen LogP contribution in [0.25, 0.3) is 0 Å². The highest BCUT2D eigenvalue weighted by Crippen LogP contribution is 2.11. The second-order valence-electron chi connectivity index (χ2n) is 6.52. The number of ether oxygens (including phenoxy) is 1. The molecule has 1 N–H and O–H groups in total. The number of carbonyl (C=O) groups excluding carboxylic acids is 3. The molecule has 1 rings (SSSR count). The Hall–Kier alpha value is -2.37. The molecule has 24 heavy (non-hydrogen) atoms. The topological polar surface area (TPSA) is 75.7 Å². The van der Waals surface area contributed by atoms with Gasteiger partial charge in [0.15, 0.2) is 0 Å². The molecule has 0 aliphatic carbocycles. The van der Waals surface area contributed by atoms with Crippen LogP contribution in [0.3, 0.4) is 0 Å². The summed E-state index contributed by atoms with van der Waals surface area (Å²) in [5.74, 6) is -1.12. The molecular formula is C18H26N2O4. The van der Waals surface area contributed by atoms with E-state index in [1.165, 1.54) is 19.2 Å². The summed E-state index contributed by atoms with van der Waals surface area (Å²) in [5.41, 5.74) is 0.832. The summed E-state index contributed by atoms with van der Waals surface area (Å²) in [6, 6.07) is 6.19. The van der Waals surface area contributed by atoms with Crippen LogP contribution in [0, 0.1) is 11.8 Å². The second-order valence-corrected chi connectivity index (χ2v) is 6.52. The third-order valence-corrected chi connectivity index (χ3v) is 3.22. The molecule has 0 saturated heterocycles. The number of amides is 2. The van der Waals surface area contributed by atoms with Gasteiger partial charge >= 0.3 is 17.8 Å². The van der Waals surface area contributed by atoms with Gasteiger partial charge in [-0.25, -0.2) is 4.79 Å². The van der Waals surface area contributed by atoms with Crippen molar-refractivity contribution in [3.05, 3.63) is 29.8 Å². The average Bonchev–Trinajstić information content (AvgIpc) is 2.52. The van der Waals surface area contributed by atoms with E-state index in [1.54, 1.807) is 17.0 Å². The quantitative estimate of drug-likeness (QED) is 0.641. The smallest absolute Gasteiger partial charge is 0.337 e. The Kier molecular flexibility index (Phi) is 7.42. The molecule has 132 valence electrons. The number of nitrogens with zero attached hydrogens (tertiary/aromatic N) is 1. The summed E-state index contributed by atoms with van der Waals surface area (Å²) >= 11 is 0. The molecule has 0 atom stereocenters. The van der Waals surface area contributed by atoms with E-state index in [-0.39, 0.29) is 11.8 Å². The van der Waals surface area contributed by atoms with E-state index in [1.807, 2.05) is 27.7 Å². The maximum atomic E-state index is 12.4. The lowest BCUT2D eigenvalue weighted by Gasteiger charge is -2.25. The zero-order valence-electron chi connectivity index (χ0n) is 15.0. The van der Waals surface area contributed by atoms with Crippen LogP contribution in [0.1, 0.15) is 38.1 Å². The number of anilines is 1. The van der Waals surface area contributed by atoms with Crippen LogP contribution in [-0.2, 0) is 14.3 Å². The molecular weight excluding hydrogens is 308 g/mol. The van der Waals surface area contributed by atoms with Gasteiger partial charge in [0, 0.05) is 18.8 Å². The van der Waals surface area contributed by atoms with Crippen molar-refractivity contribution in [1.29, 1.82) is 0 Å². The molecule has 0 aliphatic heterocycles. The monoisotopic (exact) mass is 334 g/mol. The summed E-state index contributed by atoms with van der Waals surface area (Å²) < 4.78 is 4.61. The van der Waals surface area contributed by atoms with Gasteiger partial charge in [-0.3, -0.25) is 9.59 Å². The van der Waals surface area contributed by atoms with Crippen molar-refractivity contribution < 1.29 is 19.1 Å². The summed E-state index contributed by atoms with van der Waals surface area (Å²) in [6.45, 7) is 9.08. The molecule has 0 radical (unpaired) electrons. The van der Waals surface area contributed by atoms with E-state index in [0.717, 1.165) is 0 Å². The van der Waals surface area contributed by atoms with Crippen molar-refractivity contribution in [3.63, 3.8) is 0 Å². The Morgan fingerprint density at radius 1 is 1.00 bits per heavy atom. The Bertz CT molecular complexity index is 569. The summed E-state index contributed by atoms with van der Waals surface area (Å²) in [7, 11) is 1.30. The van der Waals surface area contributed by atoms with Gasteiger partial charge in [-0.2, -0.15) is 0 Å². The minimum Gasteiger partial charge on any atom is -0.465 e. The molecule has 0 aliphatic rings. The summed E-state index contributed by atoms with van der Waals surface area (Å²) in [5, 5.41) is 2.57. The molecule has 0 unspecified atom stereocenters. The van der Waals surface area contributed by atoms with Crippen molar-refractivity contribution in [2.75, 3.05) is 25.5 Å². The van der Waals surface area contributed by atoms with Gasteiger partial charge in [0.05, 0.1) is 12.7 Å². The minimum atomic E-state index is -0.679. The number of esters is 1. The molecule has 0 aromatic heterocycles. The highest BCUT2D eigenvalue weighted by molar-refractivity contribution is 6.39. The molecule has 0 bridgehead atoms. The van der Waals surface area contributed by atoms with Gasteiger partial charge in [-0.1, -0.05) is 27.7 Å². The normalized spacial score (nSPS) is 10.6. The first-order valence-electron chi connectivity index (χ1n) is 8.03. The number of hydrogen-bond acceptors (Lipinski definition) is 4. The van der Waals surface area contributed by atoms with Crippen LogP contribution in [0.4, 0.5) is 5.69 Å². The predicted molar refractivity (Wildman–Crippen MR) is 92.7 cm³/mol. The molecule has 0 saturated carbocycles. The van der Waals surface area contributed by atoms with Crippen molar-refractivity contribution in [2.24, 2.45) is 11.8 Å². The lowest BCUT2D eigenvalue weighted by atomic mass is 10.1. The fraction of sp³-hybridized carbons (Fsp3) is 0.500. The van der Waals surface area contributed by atoms with E-state index >= 15 is 0 Å². The third-order valence-electron chi connectivity index (χ3n) is 3.22.